The van der Waals surface area contributed by atoms with Crippen LogP contribution < -0.4 is 5.32 Å². The SMILES string of the molecule is O=C(CCc1ccccn1)Nc1ccc(C(=O)O)cc1F. The Balaban J connectivity index is 1.95. The van der Waals surface area contributed by atoms with Gasteiger partial charge in [-0.25, -0.2) is 9.18 Å². The molecule has 0 bridgehead atoms. The molecule has 1 amide bonds. The van der Waals surface area contributed by atoms with Gasteiger partial charge in [-0.05, 0) is 36.8 Å². The average molecular weight is 288 g/mol. The lowest BCUT2D eigenvalue weighted by atomic mass is 10.2. The molecule has 0 saturated carbocycles. The molecule has 2 aromatic rings. The van der Waals surface area contributed by atoms with E-state index in [2.05, 4.69) is 10.3 Å². The molecular weight excluding hydrogens is 275 g/mol. The van der Waals surface area contributed by atoms with Crippen LogP contribution >= 0.6 is 0 Å². The van der Waals surface area contributed by atoms with Crippen molar-refractivity contribution >= 4 is 17.6 Å². The molecule has 0 aliphatic carbocycles. The zero-order valence-corrected chi connectivity index (χ0v) is 11.0. The number of aryl methyl sites for hydroxylation is 1. The fourth-order valence-electron chi connectivity index (χ4n) is 1.75. The Morgan fingerprint density at radius 3 is 2.67 bits per heavy atom. The molecule has 0 radical (unpaired) electrons. The lowest BCUT2D eigenvalue weighted by Crippen LogP contribution is -2.14. The van der Waals surface area contributed by atoms with Gasteiger partial charge in [0.15, 0.2) is 0 Å². The number of aromatic carboxylic acids is 1. The first-order valence-electron chi connectivity index (χ1n) is 6.29. The van der Waals surface area contributed by atoms with E-state index in [1.807, 2.05) is 6.07 Å². The van der Waals surface area contributed by atoms with Crippen LogP contribution in [-0.2, 0) is 11.2 Å². The van der Waals surface area contributed by atoms with E-state index in [9.17, 15) is 14.0 Å². The minimum Gasteiger partial charge on any atom is -0.478 e. The maximum Gasteiger partial charge on any atom is 0.335 e. The summed E-state index contributed by atoms with van der Waals surface area (Å²) in [6.45, 7) is 0. The summed E-state index contributed by atoms with van der Waals surface area (Å²) in [5.41, 5.74) is 0.569. The normalized spacial score (nSPS) is 10.1. The van der Waals surface area contributed by atoms with Crippen LogP contribution in [0.1, 0.15) is 22.5 Å². The number of carbonyl (C=O) groups excluding carboxylic acids is 1. The third kappa shape index (κ3) is 4.10. The molecule has 108 valence electrons. The molecule has 0 unspecified atom stereocenters. The summed E-state index contributed by atoms with van der Waals surface area (Å²) in [5, 5.41) is 11.1. The van der Waals surface area contributed by atoms with Crippen LogP contribution in [0.25, 0.3) is 0 Å². The van der Waals surface area contributed by atoms with Crippen LogP contribution in [0.2, 0.25) is 0 Å². The maximum absolute atomic E-state index is 13.6. The van der Waals surface area contributed by atoms with E-state index in [0.29, 0.717) is 6.42 Å². The fraction of sp³-hybridized carbons (Fsp3) is 0.133. The van der Waals surface area contributed by atoms with Gasteiger partial charge >= 0.3 is 5.97 Å². The van der Waals surface area contributed by atoms with E-state index >= 15 is 0 Å². The molecule has 1 aromatic carbocycles. The number of benzene rings is 1. The van der Waals surface area contributed by atoms with Crippen molar-refractivity contribution in [1.29, 1.82) is 0 Å². The first kappa shape index (κ1) is 14.6. The van der Waals surface area contributed by atoms with Crippen LogP contribution in [0, 0.1) is 5.82 Å². The van der Waals surface area contributed by atoms with Crippen molar-refractivity contribution in [2.75, 3.05) is 5.32 Å². The van der Waals surface area contributed by atoms with Gasteiger partial charge in [-0.2, -0.15) is 0 Å². The number of rotatable bonds is 5. The number of nitrogens with one attached hydrogen (secondary N) is 1. The van der Waals surface area contributed by atoms with Gasteiger partial charge in [0.1, 0.15) is 5.82 Å². The molecule has 0 saturated heterocycles. The number of carboxylic acid groups (broad SMARTS) is 1. The minimum atomic E-state index is -1.22. The molecule has 1 heterocycles. The largest absolute Gasteiger partial charge is 0.478 e. The van der Waals surface area contributed by atoms with Gasteiger partial charge in [0, 0.05) is 18.3 Å². The number of nitrogens with zero attached hydrogens (tertiary/aromatic N) is 1. The van der Waals surface area contributed by atoms with Crippen molar-refractivity contribution in [3.63, 3.8) is 0 Å². The molecule has 0 fully saturated rings. The number of aromatic nitrogens is 1. The van der Waals surface area contributed by atoms with E-state index in [0.717, 1.165) is 11.8 Å². The lowest BCUT2D eigenvalue weighted by Gasteiger charge is -2.07. The van der Waals surface area contributed by atoms with Crippen LogP contribution in [-0.4, -0.2) is 22.0 Å². The zero-order chi connectivity index (χ0) is 15.2. The summed E-state index contributed by atoms with van der Waals surface area (Å²) in [4.78, 5) is 26.5. The highest BCUT2D eigenvalue weighted by molar-refractivity contribution is 5.92. The number of hydrogen-bond donors (Lipinski definition) is 2. The summed E-state index contributed by atoms with van der Waals surface area (Å²) in [7, 11) is 0. The predicted molar refractivity (Wildman–Crippen MR) is 74.5 cm³/mol. The molecule has 2 N–H and O–H groups in total. The van der Waals surface area contributed by atoms with Crippen molar-refractivity contribution in [3.8, 4) is 0 Å². The fourth-order valence-corrected chi connectivity index (χ4v) is 1.75. The lowest BCUT2D eigenvalue weighted by molar-refractivity contribution is -0.116. The van der Waals surface area contributed by atoms with Crippen molar-refractivity contribution in [3.05, 3.63) is 59.7 Å². The highest BCUT2D eigenvalue weighted by atomic mass is 19.1. The van der Waals surface area contributed by atoms with Gasteiger partial charge in [-0.1, -0.05) is 6.07 Å². The molecule has 2 rings (SSSR count). The van der Waals surface area contributed by atoms with Crippen molar-refractivity contribution in [2.45, 2.75) is 12.8 Å². The molecule has 0 atom stereocenters. The van der Waals surface area contributed by atoms with Crippen LogP contribution in [0.3, 0.4) is 0 Å². The van der Waals surface area contributed by atoms with Gasteiger partial charge in [0.25, 0.3) is 0 Å². The Morgan fingerprint density at radius 2 is 2.05 bits per heavy atom. The van der Waals surface area contributed by atoms with Crippen molar-refractivity contribution in [1.82, 2.24) is 4.98 Å². The van der Waals surface area contributed by atoms with Gasteiger partial charge < -0.3 is 10.4 Å². The second kappa shape index (κ2) is 6.60. The number of amides is 1. The first-order chi connectivity index (χ1) is 10.1. The van der Waals surface area contributed by atoms with Crippen LogP contribution in [0.5, 0.6) is 0 Å². The zero-order valence-electron chi connectivity index (χ0n) is 11.0. The standard InChI is InChI=1S/C15H13FN2O3/c16-12-9-10(15(20)21)4-6-13(12)18-14(19)7-5-11-3-1-2-8-17-11/h1-4,6,8-9H,5,7H2,(H,18,19)(H,20,21). The van der Waals surface area contributed by atoms with E-state index in [1.165, 1.54) is 12.1 Å². The van der Waals surface area contributed by atoms with E-state index in [4.69, 9.17) is 5.11 Å². The number of carboxylic acids is 1. The number of hydrogen-bond acceptors (Lipinski definition) is 3. The Kier molecular flexibility index (Phi) is 4.61. The average Bonchev–Trinajstić information content (AvgIpc) is 2.48. The highest BCUT2D eigenvalue weighted by Gasteiger charge is 2.11. The Bertz CT molecular complexity index is 659. The molecule has 0 aliphatic rings. The second-order valence-electron chi connectivity index (χ2n) is 4.37. The third-order valence-corrected chi connectivity index (χ3v) is 2.82. The maximum atomic E-state index is 13.6. The number of anilines is 1. The number of halogens is 1. The van der Waals surface area contributed by atoms with Crippen molar-refractivity contribution in [2.24, 2.45) is 0 Å². The molecule has 0 spiro atoms. The molecule has 21 heavy (non-hydrogen) atoms. The van der Waals surface area contributed by atoms with Gasteiger partial charge in [-0.3, -0.25) is 9.78 Å². The summed E-state index contributed by atoms with van der Waals surface area (Å²) in [6, 6.07) is 8.75. The Morgan fingerprint density at radius 1 is 1.24 bits per heavy atom. The number of pyridine rings is 1. The summed E-state index contributed by atoms with van der Waals surface area (Å²) < 4.78 is 13.6. The van der Waals surface area contributed by atoms with E-state index < -0.39 is 11.8 Å². The summed E-state index contributed by atoms with van der Waals surface area (Å²) in [5.74, 6) is -2.36. The molecule has 6 heteroatoms. The third-order valence-electron chi connectivity index (χ3n) is 2.82. The monoisotopic (exact) mass is 288 g/mol. The number of carbonyl (C=O) groups is 2. The Labute approximate surface area is 120 Å². The van der Waals surface area contributed by atoms with Crippen LogP contribution in [0.4, 0.5) is 10.1 Å². The smallest absolute Gasteiger partial charge is 0.335 e. The predicted octanol–water partition coefficient (Wildman–Crippen LogP) is 2.49. The highest BCUT2D eigenvalue weighted by Crippen LogP contribution is 2.16. The second-order valence-corrected chi connectivity index (χ2v) is 4.37. The first-order valence-corrected chi connectivity index (χ1v) is 6.29. The molecular formula is C15H13FN2O3. The molecule has 1 aromatic heterocycles. The van der Waals surface area contributed by atoms with Gasteiger partial charge in [0.2, 0.25) is 5.91 Å². The topological polar surface area (TPSA) is 79.3 Å². The van der Waals surface area contributed by atoms with Gasteiger partial charge in [0.05, 0.1) is 11.3 Å². The quantitative estimate of drug-likeness (QED) is 0.886. The molecule has 5 nitrogen and oxygen atoms in total. The summed E-state index contributed by atoms with van der Waals surface area (Å²) >= 11 is 0. The van der Waals surface area contributed by atoms with E-state index in [1.54, 1.807) is 18.3 Å². The summed E-state index contributed by atoms with van der Waals surface area (Å²) in [6.07, 6.45) is 2.25. The van der Waals surface area contributed by atoms with E-state index in [-0.39, 0.29) is 23.6 Å². The Hall–Kier alpha value is -2.76. The van der Waals surface area contributed by atoms with Gasteiger partial charge in [-0.15, -0.1) is 0 Å². The molecule has 0 aliphatic heterocycles. The minimum absolute atomic E-state index is 0.0361. The van der Waals surface area contributed by atoms with Crippen LogP contribution in [0.15, 0.2) is 42.6 Å². The van der Waals surface area contributed by atoms with Crippen molar-refractivity contribution < 1.29 is 19.1 Å².